The first-order chi connectivity index (χ1) is 5.15. The van der Waals surface area contributed by atoms with E-state index in [0.29, 0.717) is 13.6 Å². The van der Waals surface area contributed by atoms with E-state index in [9.17, 15) is 4.39 Å². The molecule has 0 spiro atoms. The zero-order valence-corrected chi connectivity index (χ0v) is 8.98. The van der Waals surface area contributed by atoms with Gasteiger partial charge in [-0.1, -0.05) is 0 Å². The molecular weight excluding hydrogens is 324 g/mol. The van der Waals surface area contributed by atoms with Gasteiger partial charge in [-0.15, -0.1) is 0 Å². The lowest BCUT2D eigenvalue weighted by molar-refractivity contribution is 0.618. The zero-order valence-electron chi connectivity index (χ0n) is 5.24. The number of hydrogen-bond donors (Lipinski definition) is 0. The van der Waals surface area contributed by atoms with Crippen LogP contribution in [-0.2, 0) is 0 Å². The maximum atomic E-state index is 12.8. The summed E-state index contributed by atoms with van der Waals surface area (Å²) in [6.07, 6.45) is 0. The Hall–Kier alpha value is -0.150. The molecular formula is C7H2BrFIN. The first kappa shape index (κ1) is 8.94. The first-order valence-electron chi connectivity index (χ1n) is 2.70. The Balaban J connectivity index is 3.35. The third kappa shape index (κ3) is 1.91. The van der Waals surface area contributed by atoms with Crippen molar-refractivity contribution in [3.63, 3.8) is 0 Å². The summed E-state index contributed by atoms with van der Waals surface area (Å²) in [6, 6.07) is 4.67. The molecule has 11 heavy (non-hydrogen) atoms. The zero-order chi connectivity index (χ0) is 8.43. The van der Waals surface area contributed by atoms with E-state index in [1.54, 1.807) is 6.07 Å². The normalized spacial score (nSPS) is 9.27. The van der Waals surface area contributed by atoms with Gasteiger partial charge in [-0.05, 0) is 50.7 Å². The fourth-order valence-electron chi connectivity index (χ4n) is 0.620. The summed E-state index contributed by atoms with van der Waals surface area (Å²) in [4.78, 5) is 0. The maximum absolute atomic E-state index is 12.8. The highest BCUT2D eigenvalue weighted by Crippen LogP contribution is 2.23. The van der Waals surface area contributed by atoms with Gasteiger partial charge in [-0.2, -0.15) is 5.26 Å². The van der Waals surface area contributed by atoms with Gasteiger partial charge in [0.1, 0.15) is 5.82 Å². The van der Waals surface area contributed by atoms with Crippen molar-refractivity contribution in [3.8, 4) is 6.07 Å². The molecule has 0 saturated heterocycles. The average Bonchev–Trinajstić information content (AvgIpc) is 1.99. The third-order valence-electron chi connectivity index (χ3n) is 1.11. The maximum Gasteiger partial charge on any atom is 0.138 e. The van der Waals surface area contributed by atoms with Crippen LogP contribution < -0.4 is 0 Å². The summed E-state index contributed by atoms with van der Waals surface area (Å²) in [5.74, 6) is -0.364. The molecule has 0 bridgehead atoms. The van der Waals surface area contributed by atoms with Gasteiger partial charge in [0.2, 0.25) is 0 Å². The second kappa shape index (κ2) is 3.50. The van der Waals surface area contributed by atoms with Crippen LogP contribution in [0.4, 0.5) is 4.39 Å². The molecule has 1 nitrogen and oxygen atoms in total. The summed E-state index contributed by atoms with van der Waals surface area (Å²) in [5, 5.41) is 8.44. The summed E-state index contributed by atoms with van der Waals surface area (Å²) >= 11 is 5.01. The average molecular weight is 326 g/mol. The summed E-state index contributed by atoms with van der Waals surface area (Å²) < 4.78 is 14.0. The Kier molecular flexibility index (Phi) is 2.84. The highest BCUT2D eigenvalue weighted by molar-refractivity contribution is 14.1. The molecule has 4 heteroatoms. The molecule has 0 atom stereocenters. The quantitative estimate of drug-likeness (QED) is 0.531. The van der Waals surface area contributed by atoms with Gasteiger partial charge < -0.3 is 0 Å². The molecule has 0 unspecified atom stereocenters. The molecule has 0 aliphatic rings. The first-order valence-corrected chi connectivity index (χ1v) is 4.57. The lowest BCUT2D eigenvalue weighted by atomic mass is 10.2. The molecule has 0 aliphatic heterocycles. The van der Waals surface area contributed by atoms with Crippen LogP contribution in [0.5, 0.6) is 0 Å². The van der Waals surface area contributed by atoms with Gasteiger partial charge in [-0.25, -0.2) is 4.39 Å². The Morgan fingerprint density at radius 1 is 1.55 bits per heavy atom. The van der Waals surface area contributed by atoms with Gasteiger partial charge in [0.15, 0.2) is 0 Å². The number of benzene rings is 1. The van der Waals surface area contributed by atoms with Crippen molar-refractivity contribution >= 4 is 38.5 Å². The summed E-state index contributed by atoms with van der Waals surface area (Å²) in [7, 11) is 0. The Morgan fingerprint density at radius 2 is 2.18 bits per heavy atom. The molecule has 0 heterocycles. The van der Waals surface area contributed by atoms with E-state index in [-0.39, 0.29) is 5.82 Å². The molecule has 56 valence electrons. The van der Waals surface area contributed by atoms with Crippen LogP contribution in [0.3, 0.4) is 0 Å². The highest BCUT2D eigenvalue weighted by atomic mass is 127. The van der Waals surface area contributed by atoms with Gasteiger partial charge >= 0.3 is 0 Å². The van der Waals surface area contributed by atoms with Crippen LogP contribution in [0.25, 0.3) is 0 Å². The van der Waals surface area contributed by atoms with Crippen molar-refractivity contribution in [1.82, 2.24) is 0 Å². The lowest BCUT2D eigenvalue weighted by Gasteiger charge is -1.97. The molecule has 0 fully saturated rings. The summed E-state index contributed by atoms with van der Waals surface area (Å²) in [6.45, 7) is 0. The Labute approximate surface area is 85.5 Å². The number of rotatable bonds is 0. The molecule has 1 rings (SSSR count). The molecule has 1 aromatic carbocycles. The van der Waals surface area contributed by atoms with Gasteiger partial charge in [0.05, 0.1) is 15.2 Å². The lowest BCUT2D eigenvalue weighted by Crippen LogP contribution is -1.85. The van der Waals surface area contributed by atoms with Crippen LogP contribution in [0.2, 0.25) is 0 Å². The third-order valence-corrected chi connectivity index (χ3v) is 3.58. The highest BCUT2D eigenvalue weighted by Gasteiger charge is 2.04. The summed E-state index contributed by atoms with van der Waals surface area (Å²) in [5.41, 5.74) is 0.329. The van der Waals surface area contributed by atoms with Crippen molar-refractivity contribution in [1.29, 1.82) is 5.26 Å². The van der Waals surface area contributed by atoms with E-state index in [0.717, 1.165) is 0 Å². The van der Waals surface area contributed by atoms with Crippen LogP contribution in [-0.4, -0.2) is 0 Å². The predicted octanol–water partition coefficient (Wildman–Crippen LogP) is 3.06. The topological polar surface area (TPSA) is 23.8 Å². The molecule has 1 aromatic rings. The minimum absolute atomic E-state index is 0.329. The van der Waals surface area contributed by atoms with Gasteiger partial charge in [0.25, 0.3) is 0 Å². The van der Waals surface area contributed by atoms with Crippen LogP contribution in [0.1, 0.15) is 5.56 Å². The second-order valence-electron chi connectivity index (χ2n) is 1.87. The minimum atomic E-state index is -0.364. The number of nitrogens with zero attached hydrogens (tertiary/aromatic N) is 1. The molecule has 0 radical (unpaired) electrons. The van der Waals surface area contributed by atoms with Crippen LogP contribution in [0, 0.1) is 20.7 Å². The fraction of sp³-hybridized carbons (Fsp3) is 0. The predicted molar refractivity (Wildman–Crippen MR) is 51.5 cm³/mol. The van der Waals surface area contributed by atoms with E-state index in [4.69, 9.17) is 5.26 Å². The largest absolute Gasteiger partial charge is 0.206 e. The standard InChI is InChI=1S/C7H2BrFIN/c8-5-1-4(3-11)2-6(9)7(5)10/h1-2H. The number of halogens is 3. The van der Waals surface area contributed by atoms with Crippen LogP contribution >= 0.6 is 38.5 Å². The number of nitriles is 1. The smallest absolute Gasteiger partial charge is 0.138 e. The van der Waals surface area contributed by atoms with Crippen molar-refractivity contribution < 1.29 is 4.39 Å². The van der Waals surface area contributed by atoms with Gasteiger partial charge in [0, 0.05) is 4.47 Å². The SMILES string of the molecule is N#Cc1cc(F)c(I)c(Br)c1. The second-order valence-corrected chi connectivity index (χ2v) is 3.80. The molecule has 0 saturated carbocycles. The van der Waals surface area contributed by atoms with Crippen molar-refractivity contribution in [2.45, 2.75) is 0 Å². The minimum Gasteiger partial charge on any atom is -0.206 e. The monoisotopic (exact) mass is 325 g/mol. The van der Waals surface area contributed by atoms with E-state index >= 15 is 0 Å². The molecule has 0 aliphatic carbocycles. The van der Waals surface area contributed by atoms with Crippen molar-refractivity contribution in [2.24, 2.45) is 0 Å². The van der Waals surface area contributed by atoms with E-state index in [1.807, 2.05) is 28.7 Å². The molecule has 0 aromatic heterocycles. The van der Waals surface area contributed by atoms with Crippen LogP contribution in [0.15, 0.2) is 16.6 Å². The van der Waals surface area contributed by atoms with Crippen molar-refractivity contribution in [3.05, 3.63) is 31.6 Å². The van der Waals surface area contributed by atoms with Gasteiger partial charge in [-0.3, -0.25) is 0 Å². The Morgan fingerprint density at radius 3 is 2.64 bits per heavy atom. The molecule has 0 amide bonds. The van der Waals surface area contributed by atoms with E-state index < -0.39 is 0 Å². The molecule has 0 N–H and O–H groups in total. The van der Waals surface area contributed by atoms with E-state index in [2.05, 4.69) is 15.9 Å². The number of hydrogen-bond acceptors (Lipinski definition) is 1. The Bertz CT molecular complexity index is 309. The van der Waals surface area contributed by atoms with E-state index in [1.165, 1.54) is 6.07 Å². The van der Waals surface area contributed by atoms with Crippen molar-refractivity contribution in [2.75, 3.05) is 0 Å². The fourth-order valence-corrected chi connectivity index (χ4v) is 1.37.